The molecule has 1 amide bonds. The molecule has 8 nitrogen and oxygen atoms in total. The lowest BCUT2D eigenvalue weighted by molar-refractivity contribution is -0.119. The summed E-state index contributed by atoms with van der Waals surface area (Å²) in [6.07, 6.45) is 4.19. The van der Waals surface area contributed by atoms with E-state index in [1.165, 1.54) is 11.1 Å². The molecule has 2 saturated heterocycles. The monoisotopic (exact) mass is 545 g/mol. The molecule has 0 unspecified atom stereocenters. The van der Waals surface area contributed by atoms with Gasteiger partial charge in [-0.1, -0.05) is 24.3 Å². The Morgan fingerprint density at radius 3 is 2.61 bits per heavy atom. The van der Waals surface area contributed by atoms with Crippen LogP contribution in [0.15, 0.2) is 29.3 Å². The lowest BCUT2D eigenvalue weighted by atomic mass is 10.1. The Kier molecular flexibility index (Phi) is 11.6. The quantitative estimate of drug-likeness (QED) is 0.261. The first-order chi connectivity index (χ1) is 14.6. The molecule has 0 aromatic heterocycles. The Labute approximate surface area is 202 Å². The molecule has 2 heterocycles. The molecule has 0 saturated carbocycles. The molecule has 2 fully saturated rings. The average Bonchev–Trinajstić information content (AvgIpc) is 2.77. The molecule has 9 heteroatoms. The van der Waals surface area contributed by atoms with Gasteiger partial charge in [0.05, 0.1) is 19.3 Å². The highest BCUT2D eigenvalue weighted by Gasteiger charge is 2.20. The van der Waals surface area contributed by atoms with E-state index < -0.39 is 0 Å². The minimum Gasteiger partial charge on any atom is -0.381 e. The van der Waals surface area contributed by atoms with Crippen LogP contribution in [0.25, 0.3) is 0 Å². The Bertz CT molecular complexity index is 704. The molecule has 174 valence electrons. The highest BCUT2D eigenvalue weighted by molar-refractivity contribution is 14.0. The molecule has 31 heavy (non-hydrogen) atoms. The van der Waals surface area contributed by atoms with Gasteiger partial charge in [-0.15, -0.1) is 24.0 Å². The summed E-state index contributed by atoms with van der Waals surface area (Å²) in [4.78, 5) is 17.5. The maximum Gasteiger partial charge on any atom is 0.231 e. The number of hydrogen-bond donors (Lipinski definition) is 3. The number of halogens is 1. The number of ether oxygens (including phenoxy) is 2. The maximum atomic E-state index is 11.1. The van der Waals surface area contributed by atoms with Crippen molar-refractivity contribution in [1.29, 1.82) is 0 Å². The number of primary amides is 1. The summed E-state index contributed by atoms with van der Waals surface area (Å²) < 4.78 is 11.4. The van der Waals surface area contributed by atoms with Crippen LogP contribution in [-0.4, -0.2) is 68.8 Å². The molecule has 0 atom stereocenters. The third-order valence-electron chi connectivity index (χ3n) is 5.64. The van der Waals surface area contributed by atoms with Gasteiger partial charge in [0.1, 0.15) is 0 Å². The summed E-state index contributed by atoms with van der Waals surface area (Å²) >= 11 is 0. The van der Waals surface area contributed by atoms with E-state index in [2.05, 4.69) is 44.8 Å². The van der Waals surface area contributed by atoms with E-state index in [1.54, 1.807) is 7.05 Å². The van der Waals surface area contributed by atoms with Crippen LogP contribution in [-0.2, 0) is 27.4 Å². The number of amides is 1. The van der Waals surface area contributed by atoms with Gasteiger partial charge in [0.25, 0.3) is 0 Å². The molecule has 0 spiro atoms. The predicted octanol–water partition coefficient (Wildman–Crippen LogP) is 1.61. The lowest BCUT2D eigenvalue weighted by Crippen LogP contribution is -2.49. The number of carbonyl (C=O) groups excluding carboxylic acids is 1. The Morgan fingerprint density at radius 1 is 1.23 bits per heavy atom. The van der Waals surface area contributed by atoms with Gasteiger partial charge < -0.3 is 25.8 Å². The highest BCUT2D eigenvalue weighted by atomic mass is 127. The fourth-order valence-electron chi connectivity index (χ4n) is 3.92. The van der Waals surface area contributed by atoms with Gasteiger partial charge in [-0.3, -0.25) is 14.7 Å². The zero-order valence-corrected chi connectivity index (χ0v) is 20.7. The van der Waals surface area contributed by atoms with E-state index in [4.69, 9.17) is 15.2 Å². The molecule has 3 rings (SSSR count). The Balaban J connectivity index is 0.00000341. The minimum absolute atomic E-state index is 0. The number of nitrogens with one attached hydrogen (secondary N) is 2. The highest BCUT2D eigenvalue weighted by Crippen LogP contribution is 2.14. The van der Waals surface area contributed by atoms with E-state index in [1.807, 2.05) is 0 Å². The summed E-state index contributed by atoms with van der Waals surface area (Å²) in [6.45, 7) is 5.00. The molecule has 0 aliphatic carbocycles. The summed E-state index contributed by atoms with van der Waals surface area (Å²) in [5.74, 6) is 0.534. The molecule has 1 aromatic rings. The zero-order valence-electron chi connectivity index (χ0n) is 18.3. The van der Waals surface area contributed by atoms with Crippen molar-refractivity contribution in [2.75, 3.05) is 39.9 Å². The van der Waals surface area contributed by atoms with Crippen LogP contribution < -0.4 is 16.4 Å². The van der Waals surface area contributed by atoms with Crippen LogP contribution in [0.1, 0.15) is 36.8 Å². The Morgan fingerprint density at radius 2 is 1.94 bits per heavy atom. The molecule has 1 aromatic carbocycles. The zero-order chi connectivity index (χ0) is 21.2. The van der Waals surface area contributed by atoms with Crippen molar-refractivity contribution < 1.29 is 14.3 Å². The van der Waals surface area contributed by atoms with Crippen LogP contribution in [0.5, 0.6) is 0 Å². The first kappa shape index (κ1) is 25.8. The molecule has 2 aliphatic rings. The standard InChI is InChI=1S/C22H35N5O3.HI/c1-24-22(26-19-5-9-27(10-6-19)15-21(23)28)25-14-17-3-2-4-18(13-17)16-30-20-7-11-29-12-8-20;/h2-4,13,19-20H,5-12,14-16H2,1H3,(H2,23,28)(H2,24,25,26);1H. The maximum absolute atomic E-state index is 11.1. The number of rotatable bonds is 8. The minimum atomic E-state index is -0.265. The van der Waals surface area contributed by atoms with Crippen molar-refractivity contribution in [3.63, 3.8) is 0 Å². The van der Waals surface area contributed by atoms with E-state index >= 15 is 0 Å². The van der Waals surface area contributed by atoms with Crippen LogP contribution >= 0.6 is 24.0 Å². The van der Waals surface area contributed by atoms with Gasteiger partial charge >= 0.3 is 0 Å². The van der Waals surface area contributed by atoms with Crippen molar-refractivity contribution in [3.8, 4) is 0 Å². The number of likely N-dealkylation sites (tertiary alicyclic amines) is 1. The van der Waals surface area contributed by atoms with Crippen LogP contribution in [0.4, 0.5) is 0 Å². The molecule has 4 N–H and O–H groups in total. The molecule has 0 bridgehead atoms. The number of hydrogen-bond acceptors (Lipinski definition) is 5. The number of carbonyl (C=O) groups is 1. The second kappa shape index (κ2) is 13.9. The summed E-state index contributed by atoms with van der Waals surface area (Å²) in [5, 5.41) is 6.89. The molecule has 2 aliphatic heterocycles. The number of aliphatic imine (C=N–C) groups is 1. The van der Waals surface area contributed by atoms with Crippen molar-refractivity contribution >= 4 is 35.8 Å². The molecule has 0 radical (unpaired) electrons. The lowest BCUT2D eigenvalue weighted by Gasteiger charge is -2.32. The van der Waals surface area contributed by atoms with Gasteiger partial charge in [0.2, 0.25) is 5.91 Å². The summed E-state index contributed by atoms with van der Waals surface area (Å²) in [6, 6.07) is 8.82. The van der Waals surface area contributed by atoms with E-state index in [0.717, 1.165) is 57.9 Å². The molecular formula is C22H36IN5O3. The predicted molar refractivity (Wildman–Crippen MR) is 132 cm³/mol. The Hall–Kier alpha value is -1.43. The number of nitrogens with two attached hydrogens (primary N) is 1. The summed E-state index contributed by atoms with van der Waals surface area (Å²) in [5.41, 5.74) is 7.67. The number of nitrogens with zero attached hydrogens (tertiary/aromatic N) is 2. The third-order valence-corrected chi connectivity index (χ3v) is 5.64. The molecular weight excluding hydrogens is 509 g/mol. The van der Waals surface area contributed by atoms with Crippen molar-refractivity contribution in [3.05, 3.63) is 35.4 Å². The van der Waals surface area contributed by atoms with E-state index in [0.29, 0.717) is 31.8 Å². The fraction of sp³-hybridized carbons (Fsp3) is 0.636. The van der Waals surface area contributed by atoms with Crippen molar-refractivity contribution in [2.45, 2.75) is 51.0 Å². The fourth-order valence-corrected chi connectivity index (χ4v) is 3.92. The van der Waals surface area contributed by atoms with Crippen LogP contribution in [0, 0.1) is 0 Å². The van der Waals surface area contributed by atoms with Crippen molar-refractivity contribution in [2.24, 2.45) is 10.7 Å². The smallest absolute Gasteiger partial charge is 0.231 e. The number of benzene rings is 1. The van der Waals surface area contributed by atoms with E-state index in [-0.39, 0.29) is 29.9 Å². The van der Waals surface area contributed by atoms with Crippen LogP contribution in [0.3, 0.4) is 0 Å². The van der Waals surface area contributed by atoms with Gasteiger partial charge in [-0.2, -0.15) is 0 Å². The van der Waals surface area contributed by atoms with Gasteiger partial charge in [0.15, 0.2) is 5.96 Å². The largest absolute Gasteiger partial charge is 0.381 e. The third kappa shape index (κ3) is 9.30. The average molecular weight is 545 g/mol. The SMILES string of the molecule is CN=C(NCc1cccc(COC2CCOCC2)c1)NC1CCN(CC(N)=O)CC1.I. The van der Waals surface area contributed by atoms with E-state index in [9.17, 15) is 4.79 Å². The van der Waals surface area contributed by atoms with Crippen molar-refractivity contribution in [1.82, 2.24) is 15.5 Å². The van der Waals surface area contributed by atoms with Gasteiger partial charge in [-0.05, 0) is 36.8 Å². The number of piperidine rings is 1. The van der Waals surface area contributed by atoms with Gasteiger partial charge in [0, 0.05) is 45.9 Å². The normalized spacial score (nSPS) is 18.9. The second-order valence-corrected chi connectivity index (χ2v) is 8.03. The van der Waals surface area contributed by atoms with Crippen LogP contribution in [0.2, 0.25) is 0 Å². The first-order valence-corrected chi connectivity index (χ1v) is 10.9. The topological polar surface area (TPSA) is 101 Å². The second-order valence-electron chi connectivity index (χ2n) is 8.03. The summed E-state index contributed by atoms with van der Waals surface area (Å²) in [7, 11) is 1.79. The number of guanidine groups is 1. The van der Waals surface area contributed by atoms with Gasteiger partial charge in [-0.25, -0.2) is 0 Å². The first-order valence-electron chi connectivity index (χ1n) is 10.9.